The summed E-state index contributed by atoms with van der Waals surface area (Å²) in [5.74, 6) is 0.690. The molecule has 0 aliphatic carbocycles. The topological polar surface area (TPSA) is 54.8 Å². The first-order valence-electron chi connectivity index (χ1n) is 2.83. The van der Waals surface area contributed by atoms with Gasteiger partial charge in [-0.05, 0) is 6.07 Å². The van der Waals surface area contributed by atoms with Crippen LogP contribution in [-0.2, 0) is 0 Å². The zero-order valence-corrected chi connectivity index (χ0v) is 5.11. The molecule has 0 aromatic heterocycles. The summed E-state index contributed by atoms with van der Waals surface area (Å²) in [6.07, 6.45) is 4.32. The molecule has 4 heteroatoms. The molecule has 0 atom stereocenters. The molecule has 4 nitrogen and oxygen atoms in total. The fourth-order valence-corrected chi connectivity index (χ4v) is 0.868. The molecule has 2 rings (SSSR count). The first kappa shape index (κ1) is 5.22. The van der Waals surface area contributed by atoms with Crippen LogP contribution in [0, 0.1) is 5.41 Å². The predicted octanol–water partition coefficient (Wildman–Crippen LogP) is 1.04. The van der Waals surface area contributed by atoms with Crippen LogP contribution in [0.3, 0.4) is 0 Å². The highest BCUT2D eigenvalue weighted by molar-refractivity contribution is 5.65. The Bertz CT molecular complexity index is 322. The van der Waals surface area contributed by atoms with Crippen LogP contribution in [0.25, 0.3) is 11.4 Å². The molecule has 0 unspecified atom stereocenters. The fraction of sp³-hybridized carbons (Fsp3) is 0. The van der Waals surface area contributed by atoms with E-state index in [9.17, 15) is 0 Å². The monoisotopic (exact) mass is 135 g/mol. The van der Waals surface area contributed by atoms with Crippen LogP contribution in [0.15, 0.2) is 23.0 Å². The Labute approximate surface area is 56.9 Å². The molecule has 1 N–H and O–H groups in total. The molecule has 10 heavy (non-hydrogen) atoms. The molecular formula is C6H5N3O. The van der Waals surface area contributed by atoms with Gasteiger partial charge in [0.25, 0.3) is 0 Å². The Kier molecular flexibility index (Phi) is 0.887. The van der Waals surface area contributed by atoms with E-state index in [1.54, 1.807) is 12.5 Å². The number of nitrogens with zero attached hydrogens (tertiary/aromatic N) is 2. The average molecular weight is 135 g/mol. The highest BCUT2D eigenvalue weighted by atomic mass is 16.5. The molecule has 2 aliphatic heterocycles. The second-order valence-electron chi connectivity index (χ2n) is 1.90. The largest absolute Gasteiger partial charge is 0.379 e. The minimum Gasteiger partial charge on any atom is -0.379 e. The van der Waals surface area contributed by atoms with Gasteiger partial charge in [0.15, 0.2) is 5.82 Å². The minimum absolute atomic E-state index is 0.690. The summed E-state index contributed by atoms with van der Waals surface area (Å²) in [4.78, 5) is 3.97. The van der Waals surface area contributed by atoms with Gasteiger partial charge in [0.1, 0.15) is 12.6 Å². The summed E-state index contributed by atoms with van der Waals surface area (Å²) < 4.78 is 6.22. The van der Waals surface area contributed by atoms with Crippen molar-refractivity contribution in [3.05, 3.63) is 18.5 Å². The minimum atomic E-state index is 0.690. The lowest BCUT2D eigenvalue weighted by Crippen LogP contribution is -1.92. The maximum Gasteiger partial charge on any atom is 0.180 e. The van der Waals surface area contributed by atoms with E-state index in [0.29, 0.717) is 5.82 Å². The van der Waals surface area contributed by atoms with E-state index in [2.05, 4.69) is 4.98 Å². The van der Waals surface area contributed by atoms with Crippen molar-refractivity contribution in [1.82, 2.24) is 9.72 Å². The predicted molar refractivity (Wildman–Crippen MR) is 35.3 cm³/mol. The number of hydrogen-bond donors (Lipinski definition) is 1. The van der Waals surface area contributed by atoms with E-state index in [-0.39, 0.29) is 0 Å². The molecule has 50 valence electrons. The highest BCUT2D eigenvalue weighted by Crippen LogP contribution is 2.18. The summed E-state index contributed by atoms with van der Waals surface area (Å²) in [5.41, 5.74) is 0.920. The second kappa shape index (κ2) is 1.70. The van der Waals surface area contributed by atoms with Crippen molar-refractivity contribution < 1.29 is 4.52 Å². The summed E-state index contributed by atoms with van der Waals surface area (Å²) in [5, 5.41) is 6.89. The van der Waals surface area contributed by atoms with Crippen molar-refractivity contribution in [3.8, 4) is 11.4 Å². The van der Waals surface area contributed by atoms with Gasteiger partial charge in [0.2, 0.25) is 0 Å². The summed E-state index contributed by atoms with van der Waals surface area (Å²) in [6, 6.07) is 1.83. The summed E-state index contributed by atoms with van der Waals surface area (Å²) >= 11 is 0. The lowest BCUT2D eigenvalue weighted by Gasteiger charge is -1.87. The van der Waals surface area contributed by atoms with Gasteiger partial charge in [0, 0.05) is 6.20 Å². The van der Waals surface area contributed by atoms with Crippen LogP contribution in [0.1, 0.15) is 0 Å². The van der Waals surface area contributed by atoms with Crippen LogP contribution in [-0.4, -0.2) is 16.1 Å². The van der Waals surface area contributed by atoms with Crippen LogP contribution in [0.2, 0.25) is 0 Å². The lowest BCUT2D eigenvalue weighted by atomic mass is 10.3. The van der Waals surface area contributed by atoms with Crippen LogP contribution in [0.5, 0.6) is 0 Å². The zero-order valence-electron chi connectivity index (χ0n) is 5.11. The molecule has 0 aromatic rings. The van der Waals surface area contributed by atoms with Crippen molar-refractivity contribution >= 4 is 6.34 Å². The molecule has 2 aliphatic rings. The van der Waals surface area contributed by atoms with Gasteiger partial charge >= 0.3 is 0 Å². The normalized spacial score (nSPS) is 10.4. The van der Waals surface area contributed by atoms with Gasteiger partial charge in [-0.15, -0.1) is 4.74 Å². The van der Waals surface area contributed by atoms with Gasteiger partial charge in [0.05, 0.1) is 5.56 Å². The van der Waals surface area contributed by atoms with Crippen LogP contribution >= 0.6 is 0 Å². The maximum absolute atomic E-state index is 6.89. The average Bonchev–Trinajstić information content (AvgIpc) is 2.44. The third-order valence-electron chi connectivity index (χ3n) is 1.33. The van der Waals surface area contributed by atoms with Crippen molar-refractivity contribution in [2.75, 3.05) is 0 Å². The molecule has 2 heterocycles. The Balaban J connectivity index is 2.71. The zero-order chi connectivity index (χ0) is 6.97. The molecule has 0 aromatic carbocycles. The summed E-state index contributed by atoms with van der Waals surface area (Å²) in [6.45, 7) is 0. The quantitative estimate of drug-likeness (QED) is 0.469. The fourth-order valence-electron chi connectivity index (χ4n) is 0.868. The Morgan fingerprint density at radius 2 is 2.60 bits per heavy atom. The van der Waals surface area contributed by atoms with E-state index in [1.165, 1.54) is 4.74 Å². The highest BCUT2D eigenvalue weighted by Gasteiger charge is 2.09. The molecule has 0 saturated carbocycles. The van der Waals surface area contributed by atoms with Crippen LogP contribution in [0.4, 0.5) is 0 Å². The smallest absolute Gasteiger partial charge is 0.180 e. The van der Waals surface area contributed by atoms with Crippen molar-refractivity contribution in [3.63, 3.8) is 0 Å². The molecule has 0 amide bonds. The van der Waals surface area contributed by atoms with Crippen molar-refractivity contribution in [1.29, 1.82) is 5.41 Å². The summed E-state index contributed by atoms with van der Waals surface area (Å²) in [7, 11) is 0. The first-order chi connectivity index (χ1) is 4.92. The number of fused-ring (bicyclic) bond motifs is 1. The van der Waals surface area contributed by atoms with E-state index < -0.39 is 0 Å². The Morgan fingerprint density at radius 1 is 1.70 bits per heavy atom. The standard InChI is InChI=1S/C6H5N3O/c7-4-9-6-5(3-10-9)1-2-8-6/h1-4,7H. The van der Waals surface area contributed by atoms with Crippen LogP contribution < -0.4 is 0 Å². The van der Waals surface area contributed by atoms with Gasteiger partial charge in [-0.1, -0.05) is 0 Å². The Hall–Kier alpha value is -1.58. The Morgan fingerprint density at radius 3 is 3.40 bits per heavy atom. The molecule has 0 radical (unpaired) electrons. The number of hydrogen-bond acceptors (Lipinski definition) is 3. The third-order valence-corrected chi connectivity index (χ3v) is 1.33. The first-order valence-corrected chi connectivity index (χ1v) is 2.83. The van der Waals surface area contributed by atoms with Gasteiger partial charge in [-0.2, -0.15) is 0 Å². The van der Waals surface area contributed by atoms with Gasteiger partial charge < -0.3 is 4.52 Å². The SMILES string of the molecule is N=Cn1occ2ccnc1-2. The molecule has 0 spiro atoms. The number of rotatable bonds is 1. The molecule has 0 saturated heterocycles. The van der Waals surface area contributed by atoms with Crippen molar-refractivity contribution in [2.45, 2.75) is 0 Å². The van der Waals surface area contributed by atoms with E-state index in [4.69, 9.17) is 9.93 Å². The maximum atomic E-state index is 6.89. The third kappa shape index (κ3) is 0.500. The molecule has 0 fully saturated rings. The lowest BCUT2D eigenvalue weighted by molar-refractivity contribution is 0.372. The van der Waals surface area contributed by atoms with E-state index in [0.717, 1.165) is 11.9 Å². The van der Waals surface area contributed by atoms with Crippen molar-refractivity contribution in [2.24, 2.45) is 0 Å². The van der Waals surface area contributed by atoms with E-state index >= 15 is 0 Å². The van der Waals surface area contributed by atoms with E-state index in [1.807, 2.05) is 6.07 Å². The second-order valence-corrected chi connectivity index (χ2v) is 1.90. The van der Waals surface area contributed by atoms with Gasteiger partial charge in [-0.25, -0.2) is 4.98 Å². The van der Waals surface area contributed by atoms with Gasteiger partial charge in [-0.3, -0.25) is 5.41 Å². The number of aromatic nitrogens is 2. The molecular weight excluding hydrogens is 130 g/mol. The number of nitrogens with one attached hydrogen (secondary N) is 1. The molecule has 0 bridgehead atoms.